The van der Waals surface area contributed by atoms with E-state index in [0.717, 1.165) is 0 Å². The topological polar surface area (TPSA) is 63.1 Å². The highest BCUT2D eigenvalue weighted by molar-refractivity contribution is 5.75. The fourth-order valence-corrected chi connectivity index (χ4v) is 0. The fraction of sp³-hybridized carbons (Fsp3) is 1.00. The monoisotopic (exact) mass is 134 g/mol. The van der Waals surface area contributed by atoms with E-state index in [-0.39, 0.29) is 11.0 Å². The smallest absolute Gasteiger partial charge is 0.0661 e. The van der Waals surface area contributed by atoms with E-state index in [1.807, 2.05) is 0 Å². The van der Waals surface area contributed by atoms with Gasteiger partial charge < -0.3 is 16.0 Å². The van der Waals surface area contributed by atoms with Crippen molar-refractivity contribution in [3.05, 3.63) is 16.0 Å². The average molecular weight is 134 g/mol. The lowest BCUT2D eigenvalue weighted by Crippen LogP contribution is -3.02. The SMILES string of the molecule is C[NH+](C)C.[N-]=[N+]=[N-].[SiH4]. The van der Waals surface area contributed by atoms with Gasteiger partial charge in [-0.2, -0.15) is 0 Å². The van der Waals surface area contributed by atoms with Gasteiger partial charge in [-0.1, -0.05) is 0 Å². The van der Waals surface area contributed by atoms with E-state index in [4.69, 9.17) is 11.1 Å². The molecule has 50 valence electrons. The van der Waals surface area contributed by atoms with E-state index >= 15 is 0 Å². The van der Waals surface area contributed by atoms with Crippen LogP contribution in [-0.4, -0.2) is 32.1 Å². The van der Waals surface area contributed by atoms with Crippen LogP contribution in [-0.2, 0) is 0 Å². The van der Waals surface area contributed by atoms with E-state index < -0.39 is 0 Å². The summed E-state index contributed by atoms with van der Waals surface area (Å²) in [5.41, 5.74) is 13.5. The van der Waals surface area contributed by atoms with Crippen molar-refractivity contribution in [3.63, 3.8) is 0 Å². The molecule has 0 aromatic rings. The molecule has 0 fully saturated rings. The van der Waals surface area contributed by atoms with Gasteiger partial charge in [0.1, 0.15) is 0 Å². The van der Waals surface area contributed by atoms with Gasteiger partial charge in [0, 0.05) is 0 Å². The first-order chi connectivity index (χ1) is 3.15. The minimum atomic E-state index is 0. The number of hydrogen-bond acceptors (Lipinski definition) is 0. The van der Waals surface area contributed by atoms with Crippen molar-refractivity contribution in [1.82, 2.24) is 0 Å². The predicted molar refractivity (Wildman–Crippen MR) is 40.1 cm³/mol. The first-order valence-corrected chi connectivity index (χ1v) is 1.90. The summed E-state index contributed by atoms with van der Waals surface area (Å²) in [7, 11) is 6.25. The standard InChI is InChI=1S/C3H9N.N3.H4Si/c1-4(2)3;1-3-2;/h1-3H3;;1H4/q;-1;/p+1. The van der Waals surface area contributed by atoms with Crippen molar-refractivity contribution in [1.29, 1.82) is 0 Å². The molecule has 0 rings (SSSR count). The van der Waals surface area contributed by atoms with Gasteiger partial charge in [-0.25, -0.2) is 0 Å². The molecule has 0 radical (unpaired) electrons. The van der Waals surface area contributed by atoms with E-state index in [2.05, 4.69) is 21.1 Å². The molecule has 0 atom stereocenters. The van der Waals surface area contributed by atoms with Crippen LogP contribution in [0.1, 0.15) is 0 Å². The Morgan fingerprint density at radius 2 is 1.12 bits per heavy atom. The molecular formula is C3H14N4Si. The molecule has 4 nitrogen and oxygen atoms in total. The maximum Gasteiger partial charge on any atom is 0.0661 e. The molecule has 0 spiro atoms. The molecule has 0 saturated carbocycles. The first kappa shape index (κ1) is 15.6. The summed E-state index contributed by atoms with van der Waals surface area (Å²) in [4.78, 5) is 2.92. The number of quaternary nitrogens is 1. The lowest BCUT2D eigenvalue weighted by atomic mass is 11.0. The van der Waals surface area contributed by atoms with Gasteiger partial charge >= 0.3 is 0 Å². The Balaban J connectivity index is -0.0000000575. The molecule has 5 heteroatoms. The molecule has 0 aromatic heterocycles. The predicted octanol–water partition coefficient (Wildman–Crippen LogP) is -1.82. The summed E-state index contributed by atoms with van der Waals surface area (Å²) in [6, 6.07) is 0. The highest BCUT2D eigenvalue weighted by atomic mass is 28.1. The van der Waals surface area contributed by atoms with Crippen LogP contribution in [0.5, 0.6) is 0 Å². The highest BCUT2D eigenvalue weighted by Gasteiger charge is 1.61. The Labute approximate surface area is 53.9 Å². The number of hydrogen-bond donors (Lipinski definition) is 1. The van der Waals surface area contributed by atoms with Gasteiger partial charge in [-0.3, -0.25) is 4.91 Å². The average Bonchev–Trinajstić information content (AvgIpc) is 1.33. The second-order valence-electron chi connectivity index (χ2n) is 1.59. The maximum absolute atomic E-state index is 6.75. The molecule has 0 aliphatic heterocycles. The van der Waals surface area contributed by atoms with E-state index in [1.165, 1.54) is 9.81 Å². The van der Waals surface area contributed by atoms with Crippen LogP contribution in [0.2, 0.25) is 0 Å². The van der Waals surface area contributed by atoms with Crippen molar-refractivity contribution in [2.24, 2.45) is 0 Å². The first-order valence-electron chi connectivity index (χ1n) is 1.90. The van der Waals surface area contributed by atoms with Gasteiger partial charge in [0.05, 0.1) is 21.1 Å². The fourth-order valence-electron chi connectivity index (χ4n) is 0. The second kappa shape index (κ2) is 16.1. The summed E-state index contributed by atoms with van der Waals surface area (Å²) >= 11 is 0. The number of nitrogens with zero attached hydrogens (tertiary/aromatic N) is 3. The number of rotatable bonds is 0. The van der Waals surface area contributed by atoms with Crippen LogP contribution in [0.4, 0.5) is 0 Å². The molecule has 0 saturated heterocycles. The third-order valence-electron chi connectivity index (χ3n) is 0. The van der Waals surface area contributed by atoms with Crippen LogP contribution < -0.4 is 4.90 Å². The molecule has 0 aliphatic carbocycles. The quantitative estimate of drug-likeness (QED) is 0.175. The second-order valence-corrected chi connectivity index (χ2v) is 1.59. The van der Waals surface area contributed by atoms with Crippen LogP contribution in [0, 0.1) is 0 Å². The van der Waals surface area contributed by atoms with E-state index in [1.54, 1.807) is 0 Å². The van der Waals surface area contributed by atoms with Crippen molar-refractivity contribution in [2.45, 2.75) is 0 Å². The minimum absolute atomic E-state index is 0. The maximum atomic E-state index is 6.75. The van der Waals surface area contributed by atoms with Crippen molar-refractivity contribution < 1.29 is 4.90 Å². The molecular weight excluding hydrogens is 120 g/mol. The van der Waals surface area contributed by atoms with Crippen LogP contribution in [0.15, 0.2) is 0 Å². The Bertz CT molecular complexity index is 53.5. The third-order valence-corrected chi connectivity index (χ3v) is 0. The molecule has 8 heavy (non-hydrogen) atoms. The summed E-state index contributed by atoms with van der Waals surface area (Å²) in [6.07, 6.45) is 0. The van der Waals surface area contributed by atoms with E-state index in [0.29, 0.717) is 0 Å². The Kier molecular flexibility index (Phi) is 31.4. The van der Waals surface area contributed by atoms with Gasteiger partial charge in [0.2, 0.25) is 0 Å². The van der Waals surface area contributed by atoms with Gasteiger partial charge in [-0.15, -0.1) is 0 Å². The molecule has 0 amide bonds. The molecule has 0 aromatic carbocycles. The lowest BCUT2D eigenvalue weighted by Gasteiger charge is -1.88. The minimum Gasteiger partial charge on any atom is -0.373 e. The summed E-state index contributed by atoms with van der Waals surface area (Å²) < 4.78 is 0. The summed E-state index contributed by atoms with van der Waals surface area (Å²) in [5, 5.41) is 0. The van der Waals surface area contributed by atoms with E-state index in [9.17, 15) is 0 Å². The van der Waals surface area contributed by atoms with Gasteiger partial charge in [0.25, 0.3) is 0 Å². The van der Waals surface area contributed by atoms with Crippen LogP contribution in [0.25, 0.3) is 16.0 Å². The zero-order chi connectivity index (χ0) is 6.28. The summed E-state index contributed by atoms with van der Waals surface area (Å²) in [6.45, 7) is 0. The third kappa shape index (κ3) is 420. The molecule has 0 bridgehead atoms. The zero-order valence-corrected chi connectivity index (χ0v) is 4.84. The van der Waals surface area contributed by atoms with Gasteiger partial charge in [0.15, 0.2) is 0 Å². The molecule has 0 unspecified atom stereocenters. The van der Waals surface area contributed by atoms with Crippen molar-refractivity contribution >= 4 is 11.0 Å². The molecule has 0 aliphatic rings. The van der Waals surface area contributed by atoms with Crippen LogP contribution >= 0.6 is 0 Å². The van der Waals surface area contributed by atoms with Gasteiger partial charge in [-0.05, 0) is 11.0 Å². The van der Waals surface area contributed by atoms with Crippen molar-refractivity contribution in [3.8, 4) is 0 Å². The van der Waals surface area contributed by atoms with Crippen molar-refractivity contribution in [2.75, 3.05) is 21.1 Å². The Morgan fingerprint density at radius 3 is 1.12 bits per heavy atom. The largest absolute Gasteiger partial charge is 0.373 e. The normalized spacial score (nSPS) is 5.50. The number of nitrogens with one attached hydrogen (secondary N) is 1. The Morgan fingerprint density at radius 1 is 1.12 bits per heavy atom. The highest BCUT2D eigenvalue weighted by Crippen LogP contribution is 1.29. The lowest BCUT2D eigenvalue weighted by molar-refractivity contribution is -0.836. The molecule has 0 heterocycles. The zero-order valence-electron chi connectivity index (χ0n) is 4.84. The summed E-state index contributed by atoms with van der Waals surface area (Å²) in [5.74, 6) is 0. The Hall–Kier alpha value is -0.513. The molecule has 1 N–H and O–H groups in total. The van der Waals surface area contributed by atoms with Crippen LogP contribution in [0.3, 0.4) is 0 Å².